The first-order valence-electron chi connectivity index (χ1n) is 12.4. The molecule has 0 aromatic rings. The maximum absolute atomic E-state index is 12.7. The molecule has 1 saturated heterocycles. The van der Waals surface area contributed by atoms with Gasteiger partial charge in [0.25, 0.3) is 0 Å². The molecule has 0 spiro atoms. The molecule has 6 nitrogen and oxygen atoms in total. The van der Waals surface area contributed by atoms with Crippen molar-refractivity contribution in [3.8, 4) is 0 Å². The fourth-order valence-electron chi connectivity index (χ4n) is 3.79. The van der Waals surface area contributed by atoms with Gasteiger partial charge in [0.05, 0.1) is 25.1 Å². The third-order valence-electron chi connectivity index (χ3n) is 5.95. The number of unbranched alkanes of at least 4 members (excludes halogenated alkanes) is 9. The molecule has 1 atom stereocenters. The van der Waals surface area contributed by atoms with E-state index in [1.807, 2.05) is 19.0 Å². The molecule has 1 fully saturated rings. The van der Waals surface area contributed by atoms with E-state index in [9.17, 15) is 9.59 Å². The summed E-state index contributed by atoms with van der Waals surface area (Å²) in [6, 6.07) is 0.0424. The summed E-state index contributed by atoms with van der Waals surface area (Å²) in [5, 5.41) is 3.03. The van der Waals surface area contributed by atoms with Crippen molar-refractivity contribution in [2.75, 3.05) is 52.0 Å². The zero-order chi connectivity index (χ0) is 22.7. The fraction of sp³-hybridized carbons (Fsp3) is 0.917. The number of nitrogens with one attached hydrogen (secondary N) is 1. The second kappa shape index (κ2) is 18.8. The van der Waals surface area contributed by atoms with Gasteiger partial charge in [0.1, 0.15) is 0 Å². The summed E-state index contributed by atoms with van der Waals surface area (Å²) in [5.41, 5.74) is 0. The van der Waals surface area contributed by atoms with Crippen LogP contribution in [0.25, 0.3) is 0 Å². The Hall–Kier alpha value is -0.790. The number of ether oxygens (including phenoxy) is 1. The number of hydrogen-bond acceptors (Lipinski definition) is 5. The van der Waals surface area contributed by atoms with Crippen molar-refractivity contribution in [1.82, 2.24) is 15.1 Å². The number of carbonyl (C=O) groups excluding carboxylic acids is 2. The highest BCUT2D eigenvalue weighted by Crippen LogP contribution is 2.25. The Labute approximate surface area is 195 Å². The zero-order valence-corrected chi connectivity index (χ0v) is 21.1. The van der Waals surface area contributed by atoms with Gasteiger partial charge in [-0.2, -0.15) is 0 Å². The zero-order valence-electron chi connectivity index (χ0n) is 20.3. The van der Waals surface area contributed by atoms with Crippen molar-refractivity contribution in [3.63, 3.8) is 0 Å². The van der Waals surface area contributed by atoms with Crippen LogP contribution in [0, 0.1) is 0 Å². The van der Waals surface area contributed by atoms with Crippen LogP contribution >= 0.6 is 11.8 Å². The Morgan fingerprint density at radius 2 is 1.68 bits per heavy atom. The highest BCUT2D eigenvalue weighted by atomic mass is 32.2. The van der Waals surface area contributed by atoms with Crippen molar-refractivity contribution in [1.29, 1.82) is 0 Å². The third-order valence-corrected chi connectivity index (χ3v) is 7.03. The van der Waals surface area contributed by atoms with Gasteiger partial charge in [0, 0.05) is 38.7 Å². The third kappa shape index (κ3) is 13.4. The minimum atomic E-state index is 0.0424. The van der Waals surface area contributed by atoms with E-state index < -0.39 is 0 Å². The number of thioether (sulfide) groups is 1. The highest BCUT2D eigenvalue weighted by Gasteiger charge is 2.31. The highest BCUT2D eigenvalue weighted by molar-refractivity contribution is 7.99. The predicted molar refractivity (Wildman–Crippen MR) is 131 cm³/mol. The largest absolute Gasteiger partial charge is 0.378 e. The van der Waals surface area contributed by atoms with Crippen molar-refractivity contribution in [2.24, 2.45) is 0 Å². The number of hydrogen-bond donors (Lipinski definition) is 1. The number of carbonyl (C=O) groups is 2. The summed E-state index contributed by atoms with van der Waals surface area (Å²) in [6.07, 6.45) is 13.8. The molecule has 1 aliphatic rings. The second-order valence-electron chi connectivity index (χ2n) is 8.68. The lowest BCUT2D eigenvalue weighted by molar-refractivity contribution is -0.135. The van der Waals surface area contributed by atoms with E-state index >= 15 is 0 Å². The van der Waals surface area contributed by atoms with E-state index in [1.54, 1.807) is 16.7 Å². The monoisotopic (exact) mass is 457 g/mol. The average molecular weight is 458 g/mol. The van der Waals surface area contributed by atoms with Gasteiger partial charge < -0.3 is 19.9 Å². The Balaban J connectivity index is 2.15. The van der Waals surface area contributed by atoms with Crippen LogP contribution in [0.15, 0.2) is 0 Å². The Morgan fingerprint density at radius 3 is 2.32 bits per heavy atom. The van der Waals surface area contributed by atoms with E-state index in [4.69, 9.17) is 4.74 Å². The fourth-order valence-corrected chi connectivity index (χ4v) is 5.02. The second-order valence-corrected chi connectivity index (χ2v) is 9.68. The summed E-state index contributed by atoms with van der Waals surface area (Å²) in [4.78, 5) is 28.9. The number of nitrogens with zero attached hydrogens (tertiary/aromatic N) is 2. The number of likely N-dealkylation sites (N-methyl/N-ethyl adjacent to an activating group) is 2. The van der Waals surface area contributed by atoms with Crippen LogP contribution in [0.5, 0.6) is 0 Å². The summed E-state index contributed by atoms with van der Waals surface area (Å²) < 4.78 is 5.50. The number of amides is 2. The molecule has 1 N–H and O–H groups in total. The smallest absolute Gasteiger partial charge is 0.224 e. The number of rotatable bonds is 19. The Kier molecular flexibility index (Phi) is 17.1. The van der Waals surface area contributed by atoms with Gasteiger partial charge in [-0.15, -0.1) is 11.8 Å². The molecule has 0 aromatic carbocycles. The lowest BCUT2D eigenvalue weighted by Crippen LogP contribution is -2.41. The first kappa shape index (κ1) is 28.2. The van der Waals surface area contributed by atoms with Crippen molar-refractivity contribution in [3.05, 3.63) is 0 Å². The van der Waals surface area contributed by atoms with Crippen LogP contribution < -0.4 is 5.32 Å². The van der Waals surface area contributed by atoms with Gasteiger partial charge in [0.15, 0.2) is 0 Å². The molecule has 0 aliphatic carbocycles. The standard InChI is InChI=1S/C24H47N3O3S/c1-4-5-6-7-8-9-10-11-12-13-14-23(28)27-21-31-20-22(27)19-24(29)26(3)16-18-30-17-15-25-2/h22,25H,4-21H2,1-3H3. The van der Waals surface area contributed by atoms with Crippen LogP contribution in [-0.4, -0.2) is 79.7 Å². The Morgan fingerprint density at radius 1 is 1.03 bits per heavy atom. The summed E-state index contributed by atoms with van der Waals surface area (Å²) in [6.45, 7) is 4.86. The van der Waals surface area contributed by atoms with Crippen LogP contribution in [-0.2, 0) is 14.3 Å². The van der Waals surface area contributed by atoms with E-state index in [0.29, 0.717) is 32.6 Å². The van der Waals surface area contributed by atoms with Crippen molar-refractivity contribution >= 4 is 23.6 Å². The molecule has 1 unspecified atom stereocenters. The first-order chi connectivity index (χ1) is 15.1. The predicted octanol–water partition coefficient (Wildman–Crippen LogP) is 4.28. The first-order valence-corrected chi connectivity index (χ1v) is 13.6. The van der Waals surface area contributed by atoms with Gasteiger partial charge in [-0.3, -0.25) is 9.59 Å². The maximum atomic E-state index is 12.7. The molecular weight excluding hydrogens is 410 g/mol. The molecule has 0 radical (unpaired) electrons. The van der Waals surface area contributed by atoms with Crippen LogP contribution in [0.1, 0.15) is 84.0 Å². The van der Waals surface area contributed by atoms with Gasteiger partial charge in [-0.05, 0) is 13.5 Å². The summed E-state index contributed by atoms with van der Waals surface area (Å²) in [5.74, 6) is 1.91. The van der Waals surface area contributed by atoms with Gasteiger partial charge in [0.2, 0.25) is 11.8 Å². The minimum Gasteiger partial charge on any atom is -0.378 e. The molecule has 182 valence electrons. The van der Waals surface area contributed by atoms with Gasteiger partial charge in [-0.1, -0.05) is 64.7 Å². The minimum absolute atomic E-state index is 0.0424. The summed E-state index contributed by atoms with van der Waals surface area (Å²) in [7, 11) is 3.71. The quantitative estimate of drug-likeness (QED) is 0.293. The van der Waals surface area contributed by atoms with Crippen LogP contribution in [0.2, 0.25) is 0 Å². The molecule has 7 heteroatoms. The molecular formula is C24H47N3O3S. The van der Waals surface area contributed by atoms with Gasteiger partial charge >= 0.3 is 0 Å². The van der Waals surface area contributed by atoms with Crippen LogP contribution in [0.3, 0.4) is 0 Å². The SMILES string of the molecule is CCCCCCCCCCCCC(=O)N1CSCC1CC(=O)N(C)CCOCCNC. The van der Waals surface area contributed by atoms with Crippen molar-refractivity contribution < 1.29 is 14.3 Å². The van der Waals surface area contributed by atoms with E-state index in [1.165, 1.54) is 51.4 Å². The average Bonchev–Trinajstić information content (AvgIpc) is 3.22. The van der Waals surface area contributed by atoms with Gasteiger partial charge in [-0.25, -0.2) is 0 Å². The molecule has 1 rings (SSSR count). The normalized spacial score (nSPS) is 16.1. The Bertz CT molecular complexity index is 479. The lowest BCUT2D eigenvalue weighted by atomic mass is 10.1. The molecule has 0 bridgehead atoms. The molecule has 31 heavy (non-hydrogen) atoms. The molecule has 2 amide bonds. The maximum Gasteiger partial charge on any atom is 0.224 e. The van der Waals surface area contributed by atoms with Crippen LogP contribution in [0.4, 0.5) is 0 Å². The lowest BCUT2D eigenvalue weighted by Gasteiger charge is -2.26. The molecule has 1 aliphatic heterocycles. The van der Waals surface area contributed by atoms with E-state index in [2.05, 4.69) is 12.2 Å². The summed E-state index contributed by atoms with van der Waals surface area (Å²) >= 11 is 1.76. The molecule has 0 saturated carbocycles. The molecule has 1 heterocycles. The van der Waals surface area contributed by atoms with Crippen molar-refractivity contribution in [2.45, 2.75) is 90.0 Å². The van der Waals surface area contributed by atoms with E-state index in [-0.39, 0.29) is 17.9 Å². The van der Waals surface area contributed by atoms with E-state index in [0.717, 1.165) is 31.0 Å². The molecule has 0 aromatic heterocycles. The topological polar surface area (TPSA) is 61.9 Å².